The van der Waals surface area contributed by atoms with E-state index in [0.717, 1.165) is 6.42 Å². The van der Waals surface area contributed by atoms with Crippen molar-refractivity contribution in [1.29, 1.82) is 0 Å². The van der Waals surface area contributed by atoms with Crippen LogP contribution < -0.4 is 10.1 Å². The Morgan fingerprint density at radius 3 is 2.39 bits per heavy atom. The van der Waals surface area contributed by atoms with E-state index in [4.69, 9.17) is 9.26 Å². The van der Waals surface area contributed by atoms with Crippen molar-refractivity contribution in [1.82, 2.24) is 9.46 Å². The van der Waals surface area contributed by atoms with E-state index in [2.05, 4.69) is 10.5 Å². The van der Waals surface area contributed by atoms with Gasteiger partial charge in [-0.2, -0.15) is 4.31 Å². The van der Waals surface area contributed by atoms with Crippen LogP contribution in [-0.4, -0.2) is 44.0 Å². The standard InChI is InChI=1S/C22H31N3O5S/c1-14-9-15(2)13-25(12-14)31(27,28)18-10-16(7-8-17(18)29-6)21(26)23-20-11-19(30-24-20)22(3,4)5/h7-8,10-11,14-15H,9,12-13H2,1-6H3,(H,23,24,26). The lowest BCUT2D eigenvalue weighted by Gasteiger charge is -2.34. The molecule has 1 fully saturated rings. The number of piperidine rings is 1. The molecular formula is C22H31N3O5S. The van der Waals surface area contributed by atoms with Gasteiger partial charge < -0.3 is 14.6 Å². The lowest BCUT2D eigenvalue weighted by molar-refractivity contribution is 0.102. The second-order valence-electron chi connectivity index (χ2n) is 9.41. The van der Waals surface area contributed by atoms with Crippen LogP contribution in [0.2, 0.25) is 0 Å². The van der Waals surface area contributed by atoms with Gasteiger partial charge in [0, 0.05) is 30.1 Å². The first kappa shape index (κ1) is 23.3. The molecule has 8 nitrogen and oxygen atoms in total. The number of rotatable bonds is 5. The van der Waals surface area contributed by atoms with Gasteiger partial charge in [-0.15, -0.1) is 0 Å². The first-order valence-electron chi connectivity index (χ1n) is 10.4. The summed E-state index contributed by atoms with van der Waals surface area (Å²) in [4.78, 5) is 12.8. The average molecular weight is 450 g/mol. The number of amides is 1. The smallest absolute Gasteiger partial charge is 0.256 e. The molecule has 1 aliphatic rings. The molecule has 2 atom stereocenters. The molecule has 2 heterocycles. The Hall–Kier alpha value is -2.39. The Labute approximate surface area is 184 Å². The Balaban J connectivity index is 1.89. The number of hydrogen-bond donors (Lipinski definition) is 1. The number of methoxy groups -OCH3 is 1. The van der Waals surface area contributed by atoms with Crippen LogP contribution in [0.4, 0.5) is 5.82 Å². The quantitative estimate of drug-likeness (QED) is 0.743. The van der Waals surface area contributed by atoms with Crippen LogP contribution in [0.5, 0.6) is 5.75 Å². The number of aromatic nitrogens is 1. The van der Waals surface area contributed by atoms with Crippen LogP contribution >= 0.6 is 0 Å². The molecule has 1 aliphatic heterocycles. The van der Waals surface area contributed by atoms with E-state index in [0.29, 0.717) is 18.8 Å². The minimum absolute atomic E-state index is 0.0144. The summed E-state index contributed by atoms with van der Waals surface area (Å²) in [6.45, 7) is 10.9. The molecule has 31 heavy (non-hydrogen) atoms. The van der Waals surface area contributed by atoms with Gasteiger partial charge in [-0.3, -0.25) is 4.79 Å². The van der Waals surface area contributed by atoms with E-state index in [1.165, 1.54) is 29.6 Å². The highest BCUT2D eigenvalue weighted by molar-refractivity contribution is 7.89. The van der Waals surface area contributed by atoms with Crippen LogP contribution in [0.15, 0.2) is 33.7 Å². The third-order valence-electron chi connectivity index (χ3n) is 5.37. The van der Waals surface area contributed by atoms with E-state index < -0.39 is 15.9 Å². The molecule has 1 saturated heterocycles. The first-order valence-corrected chi connectivity index (χ1v) is 11.8. The minimum atomic E-state index is -3.82. The third-order valence-corrected chi connectivity index (χ3v) is 7.22. The Kier molecular flexibility index (Phi) is 6.48. The maximum absolute atomic E-state index is 13.4. The molecule has 0 aliphatic carbocycles. The van der Waals surface area contributed by atoms with Crippen LogP contribution in [0.1, 0.15) is 57.2 Å². The summed E-state index contributed by atoms with van der Waals surface area (Å²) in [6, 6.07) is 6.05. The van der Waals surface area contributed by atoms with Gasteiger partial charge in [-0.05, 0) is 36.5 Å². The molecule has 1 N–H and O–H groups in total. The number of ether oxygens (including phenoxy) is 1. The predicted octanol–water partition coefficient (Wildman–Crippen LogP) is 3.90. The topological polar surface area (TPSA) is 102 Å². The van der Waals surface area contributed by atoms with Gasteiger partial charge >= 0.3 is 0 Å². The first-order chi connectivity index (χ1) is 14.4. The molecule has 2 unspecified atom stereocenters. The molecule has 0 saturated carbocycles. The molecular weight excluding hydrogens is 418 g/mol. The number of anilines is 1. The number of nitrogens with zero attached hydrogens (tertiary/aromatic N) is 2. The molecule has 1 aromatic heterocycles. The fourth-order valence-corrected chi connectivity index (χ4v) is 5.70. The van der Waals surface area contributed by atoms with E-state index in [9.17, 15) is 13.2 Å². The molecule has 0 radical (unpaired) electrons. The highest BCUT2D eigenvalue weighted by Crippen LogP contribution is 2.32. The molecule has 2 aromatic rings. The van der Waals surface area contributed by atoms with Crippen molar-refractivity contribution in [3.63, 3.8) is 0 Å². The van der Waals surface area contributed by atoms with Crippen molar-refractivity contribution in [3.05, 3.63) is 35.6 Å². The molecule has 0 bridgehead atoms. The summed E-state index contributed by atoms with van der Waals surface area (Å²) in [5, 5.41) is 6.55. The predicted molar refractivity (Wildman–Crippen MR) is 118 cm³/mol. The second kappa shape index (κ2) is 8.63. The van der Waals surface area contributed by atoms with Crippen molar-refractivity contribution < 1.29 is 22.5 Å². The summed E-state index contributed by atoms with van der Waals surface area (Å²) in [7, 11) is -2.40. The molecule has 9 heteroatoms. The lowest BCUT2D eigenvalue weighted by atomic mass is 9.93. The van der Waals surface area contributed by atoms with Crippen molar-refractivity contribution in [2.24, 2.45) is 11.8 Å². The molecule has 3 rings (SSSR count). The SMILES string of the molecule is COc1ccc(C(=O)Nc2cc(C(C)(C)C)on2)cc1S(=O)(=O)N1CC(C)CC(C)C1. The summed E-state index contributed by atoms with van der Waals surface area (Å²) >= 11 is 0. The fourth-order valence-electron chi connectivity index (χ4n) is 3.84. The highest BCUT2D eigenvalue weighted by Gasteiger charge is 2.34. The Bertz CT molecular complexity index is 1050. The van der Waals surface area contributed by atoms with Crippen molar-refractivity contribution >= 4 is 21.7 Å². The molecule has 0 spiro atoms. The molecule has 1 amide bonds. The zero-order valence-electron chi connectivity index (χ0n) is 18.9. The van der Waals surface area contributed by atoms with E-state index in [1.807, 2.05) is 34.6 Å². The zero-order chi connectivity index (χ0) is 23.0. The van der Waals surface area contributed by atoms with Crippen LogP contribution in [0, 0.1) is 11.8 Å². The number of sulfonamides is 1. The van der Waals surface area contributed by atoms with Crippen LogP contribution in [-0.2, 0) is 15.4 Å². The summed E-state index contributed by atoms with van der Waals surface area (Å²) < 4.78 is 38.9. The molecule has 170 valence electrons. The zero-order valence-corrected chi connectivity index (χ0v) is 19.7. The number of nitrogens with one attached hydrogen (secondary N) is 1. The summed E-state index contributed by atoms with van der Waals surface area (Å²) in [5.41, 5.74) is -0.0575. The van der Waals surface area contributed by atoms with Gasteiger partial charge in [0.1, 0.15) is 16.4 Å². The normalized spacial score (nSPS) is 20.5. The number of benzene rings is 1. The maximum atomic E-state index is 13.4. The summed E-state index contributed by atoms with van der Waals surface area (Å²) in [5.74, 6) is 1.16. The van der Waals surface area contributed by atoms with Gasteiger partial charge in [-0.25, -0.2) is 8.42 Å². The van der Waals surface area contributed by atoms with Crippen molar-refractivity contribution in [3.8, 4) is 5.75 Å². The van der Waals surface area contributed by atoms with Crippen LogP contribution in [0.25, 0.3) is 0 Å². The van der Waals surface area contributed by atoms with Crippen LogP contribution in [0.3, 0.4) is 0 Å². The maximum Gasteiger partial charge on any atom is 0.256 e. The highest BCUT2D eigenvalue weighted by atomic mass is 32.2. The van der Waals surface area contributed by atoms with E-state index in [-0.39, 0.29) is 39.3 Å². The monoisotopic (exact) mass is 449 g/mol. The number of carbonyl (C=O) groups is 1. The molecule has 1 aromatic carbocycles. The summed E-state index contributed by atoms with van der Waals surface area (Å²) in [6.07, 6.45) is 0.986. The Morgan fingerprint density at radius 2 is 1.84 bits per heavy atom. The average Bonchev–Trinajstić information content (AvgIpc) is 3.15. The van der Waals surface area contributed by atoms with Crippen molar-refractivity contribution in [2.45, 2.75) is 51.3 Å². The lowest BCUT2D eigenvalue weighted by Crippen LogP contribution is -2.42. The largest absolute Gasteiger partial charge is 0.495 e. The van der Waals surface area contributed by atoms with E-state index >= 15 is 0 Å². The number of carbonyl (C=O) groups excluding carboxylic acids is 1. The van der Waals surface area contributed by atoms with Crippen molar-refractivity contribution in [2.75, 3.05) is 25.5 Å². The van der Waals surface area contributed by atoms with Gasteiger partial charge in [0.05, 0.1) is 7.11 Å². The Morgan fingerprint density at radius 1 is 1.19 bits per heavy atom. The second-order valence-corrected chi connectivity index (χ2v) is 11.3. The van der Waals surface area contributed by atoms with Gasteiger partial charge in [0.15, 0.2) is 5.82 Å². The fraction of sp³-hybridized carbons (Fsp3) is 0.545. The minimum Gasteiger partial charge on any atom is -0.495 e. The van der Waals surface area contributed by atoms with Gasteiger partial charge in [-0.1, -0.05) is 39.8 Å². The third kappa shape index (κ3) is 5.10. The number of hydrogen-bond acceptors (Lipinski definition) is 6. The van der Waals surface area contributed by atoms with Gasteiger partial charge in [0.2, 0.25) is 10.0 Å². The van der Waals surface area contributed by atoms with E-state index in [1.54, 1.807) is 6.07 Å². The van der Waals surface area contributed by atoms with Gasteiger partial charge in [0.25, 0.3) is 5.91 Å².